The van der Waals surface area contributed by atoms with Crippen molar-refractivity contribution < 1.29 is 4.79 Å². The largest absolute Gasteiger partial charge is 0.267 e. The Morgan fingerprint density at radius 1 is 1.46 bits per heavy atom. The predicted molar refractivity (Wildman–Crippen MR) is 45.5 cm³/mol. The van der Waals surface area contributed by atoms with Gasteiger partial charge in [0.2, 0.25) is 11.9 Å². The lowest BCUT2D eigenvalue weighted by Crippen LogP contribution is -1.88. The number of imidazole rings is 1. The lowest BCUT2D eigenvalue weighted by molar-refractivity contribution is 0.565. The molecule has 64 valence electrons. The van der Waals surface area contributed by atoms with E-state index >= 15 is 0 Å². The fourth-order valence-electron chi connectivity index (χ4n) is 1.09. The zero-order valence-corrected chi connectivity index (χ0v) is 6.93. The third-order valence-electron chi connectivity index (χ3n) is 1.63. The van der Waals surface area contributed by atoms with Gasteiger partial charge in [-0.1, -0.05) is 0 Å². The lowest BCUT2D eigenvalue weighted by atomic mass is 10.4. The number of aryl methyl sites for hydroxylation is 1. The second-order valence-electron chi connectivity index (χ2n) is 2.62. The zero-order valence-electron chi connectivity index (χ0n) is 6.93. The molecule has 0 amide bonds. The van der Waals surface area contributed by atoms with E-state index in [1.54, 1.807) is 10.6 Å². The molecule has 0 aliphatic carbocycles. The van der Waals surface area contributed by atoms with Crippen molar-refractivity contribution in [3.05, 3.63) is 24.2 Å². The van der Waals surface area contributed by atoms with Gasteiger partial charge in [-0.3, -0.25) is 4.40 Å². The minimum absolute atomic E-state index is 0.446. The van der Waals surface area contributed by atoms with Gasteiger partial charge in [-0.05, 0) is 12.5 Å². The maximum Gasteiger partial charge on any atom is 0.242 e. The highest BCUT2D eigenvalue weighted by atomic mass is 16.1. The molecule has 0 unspecified atom stereocenters. The van der Waals surface area contributed by atoms with E-state index in [1.807, 2.05) is 13.1 Å². The lowest BCUT2D eigenvalue weighted by Gasteiger charge is -1.94. The van der Waals surface area contributed by atoms with Gasteiger partial charge < -0.3 is 0 Å². The molecule has 0 saturated heterocycles. The summed E-state index contributed by atoms with van der Waals surface area (Å²) >= 11 is 0. The molecule has 0 aliphatic rings. The monoisotopic (exact) mass is 174 g/mol. The molecule has 5 nitrogen and oxygen atoms in total. The first-order valence-corrected chi connectivity index (χ1v) is 3.69. The van der Waals surface area contributed by atoms with Crippen molar-refractivity contribution in [3.8, 4) is 0 Å². The Bertz CT molecular complexity index is 496. The van der Waals surface area contributed by atoms with Crippen LogP contribution in [0.25, 0.3) is 5.78 Å². The second kappa shape index (κ2) is 2.80. The summed E-state index contributed by atoms with van der Waals surface area (Å²) in [5.74, 6) is 0.973. The highest BCUT2D eigenvalue weighted by Gasteiger charge is 2.01. The van der Waals surface area contributed by atoms with E-state index in [1.165, 1.54) is 12.3 Å². The maximum absolute atomic E-state index is 10.0. The molecule has 0 aromatic carbocycles. The maximum atomic E-state index is 10.0. The van der Waals surface area contributed by atoms with Gasteiger partial charge in [0.05, 0.1) is 6.20 Å². The van der Waals surface area contributed by atoms with Gasteiger partial charge in [0.25, 0.3) is 0 Å². The molecule has 2 rings (SSSR count). The van der Waals surface area contributed by atoms with Gasteiger partial charge in [-0.25, -0.2) is 14.8 Å². The van der Waals surface area contributed by atoms with Crippen molar-refractivity contribution in [1.82, 2.24) is 14.4 Å². The van der Waals surface area contributed by atoms with Crippen LogP contribution < -0.4 is 0 Å². The molecular formula is C8H6N4O. The standard InChI is InChI=1S/C8H6N4O/c1-6-2-9-8-10-3-7(11-5-13)12(8)4-6/h2-4H,1H3. The van der Waals surface area contributed by atoms with Crippen molar-refractivity contribution in [3.63, 3.8) is 0 Å². The van der Waals surface area contributed by atoms with Crippen LogP contribution in [0.15, 0.2) is 23.6 Å². The number of aromatic nitrogens is 3. The normalized spacial score (nSPS) is 9.92. The smallest absolute Gasteiger partial charge is 0.242 e. The summed E-state index contributed by atoms with van der Waals surface area (Å²) in [6.45, 7) is 1.90. The van der Waals surface area contributed by atoms with E-state index in [2.05, 4.69) is 15.0 Å². The molecule has 0 saturated carbocycles. The van der Waals surface area contributed by atoms with Crippen LogP contribution in [0.3, 0.4) is 0 Å². The van der Waals surface area contributed by atoms with Crippen LogP contribution in [0.1, 0.15) is 5.56 Å². The predicted octanol–water partition coefficient (Wildman–Crippen LogP) is 1.01. The SMILES string of the molecule is Cc1cnc2ncc(N=C=O)n2c1. The van der Waals surface area contributed by atoms with E-state index in [4.69, 9.17) is 0 Å². The molecule has 0 bridgehead atoms. The first-order chi connectivity index (χ1) is 6.31. The van der Waals surface area contributed by atoms with Crippen LogP contribution >= 0.6 is 0 Å². The fourth-order valence-corrected chi connectivity index (χ4v) is 1.09. The highest BCUT2D eigenvalue weighted by molar-refractivity contribution is 5.49. The molecule has 0 aliphatic heterocycles. The van der Waals surface area contributed by atoms with E-state index < -0.39 is 0 Å². The number of rotatable bonds is 1. The Balaban J connectivity index is 2.78. The summed E-state index contributed by atoms with van der Waals surface area (Å²) in [5.41, 5.74) is 0.979. The van der Waals surface area contributed by atoms with Gasteiger partial charge in [0.1, 0.15) is 0 Å². The quantitative estimate of drug-likeness (QED) is 0.478. The average Bonchev–Trinajstić information content (AvgIpc) is 2.49. The second-order valence-corrected chi connectivity index (χ2v) is 2.62. The molecule has 0 spiro atoms. The first-order valence-electron chi connectivity index (χ1n) is 3.69. The van der Waals surface area contributed by atoms with Crippen molar-refractivity contribution >= 4 is 17.7 Å². The Hall–Kier alpha value is -2.00. The molecule has 0 fully saturated rings. The number of nitrogens with zero attached hydrogens (tertiary/aromatic N) is 4. The Kier molecular flexibility index (Phi) is 1.65. The number of aliphatic imine (C=N–C) groups is 1. The van der Waals surface area contributed by atoms with E-state index in [0.717, 1.165) is 5.56 Å². The Morgan fingerprint density at radius 2 is 2.23 bits per heavy atom. The van der Waals surface area contributed by atoms with Gasteiger partial charge in [0, 0.05) is 12.4 Å². The Labute approximate surface area is 73.8 Å². The summed E-state index contributed by atoms with van der Waals surface area (Å²) in [5, 5.41) is 0. The molecule has 0 atom stereocenters. The summed E-state index contributed by atoms with van der Waals surface area (Å²) < 4.78 is 1.64. The van der Waals surface area contributed by atoms with Crippen LogP contribution in [0, 0.1) is 6.92 Å². The minimum Gasteiger partial charge on any atom is -0.267 e. The van der Waals surface area contributed by atoms with E-state index in [-0.39, 0.29) is 0 Å². The van der Waals surface area contributed by atoms with E-state index in [9.17, 15) is 4.79 Å². The summed E-state index contributed by atoms with van der Waals surface area (Å²) in [7, 11) is 0. The van der Waals surface area contributed by atoms with Crippen molar-refractivity contribution in [2.24, 2.45) is 4.99 Å². The van der Waals surface area contributed by atoms with Crippen LogP contribution in [-0.4, -0.2) is 20.4 Å². The topological polar surface area (TPSA) is 59.6 Å². The molecular weight excluding hydrogens is 168 g/mol. The minimum atomic E-state index is 0.446. The van der Waals surface area contributed by atoms with Gasteiger partial charge in [0.15, 0.2) is 5.82 Å². The summed E-state index contributed by atoms with van der Waals surface area (Å²) in [4.78, 5) is 21.5. The Morgan fingerprint density at radius 3 is 3.00 bits per heavy atom. The van der Waals surface area contributed by atoms with E-state index in [0.29, 0.717) is 11.6 Å². The third-order valence-corrected chi connectivity index (χ3v) is 1.63. The highest BCUT2D eigenvalue weighted by Crippen LogP contribution is 2.12. The summed E-state index contributed by atoms with van der Waals surface area (Å²) in [6, 6.07) is 0. The number of carbonyl (C=O) groups excluding carboxylic acids is 1. The van der Waals surface area contributed by atoms with Gasteiger partial charge in [-0.15, -0.1) is 4.99 Å². The molecule has 0 N–H and O–H groups in total. The molecule has 13 heavy (non-hydrogen) atoms. The number of isocyanates is 1. The molecule has 5 heteroatoms. The zero-order chi connectivity index (χ0) is 9.26. The fraction of sp³-hybridized carbons (Fsp3) is 0.125. The van der Waals surface area contributed by atoms with Crippen molar-refractivity contribution in [1.29, 1.82) is 0 Å². The number of hydrogen-bond donors (Lipinski definition) is 0. The number of fused-ring (bicyclic) bond motifs is 1. The van der Waals surface area contributed by atoms with Crippen LogP contribution in [0.5, 0.6) is 0 Å². The van der Waals surface area contributed by atoms with Crippen LogP contribution in [0.4, 0.5) is 5.82 Å². The third kappa shape index (κ3) is 1.21. The van der Waals surface area contributed by atoms with Gasteiger partial charge >= 0.3 is 0 Å². The molecule has 2 aromatic heterocycles. The van der Waals surface area contributed by atoms with Crippen molar-refractivity contribution in [2.75, 3.05) is 0 Å². The van der Waals surface area contributed by atoms with Gasteiger partial charge in [-0.2, -0.15) is 0 Å². The molecule has 2 heterocycles. The van der Waals surface area contributed by atoms with Crippen LogP contribution in [-0.2, 0) is 4.79 Å². The first kappa shape index (κ1) is 7.64. The van der Waals surface area contributed by atoms with Crippen molar-refractivity contribution in [2.45, 2.75) is 6.92 Å². The molecule has 2 aromatic rings. The average molecular weight is 174 g/mol. The number of hydrogen-bond acceptors (Lipinski definition) is 4. The summed E-state index contributed by atoms with van der Waals surface area (Å²) in [6.07, 6.45) is 6.46. The molecule has 0 radical (unpaired) electrons. The van der Waals surface area contributed by atoms with Crippen LogP contribution in [0.2, 0.25) is 0 Å².